The van der Waals surface area contributed by atoms with Gasteiger partial charge in [0.15, 0.2) is 0 Å². The first-order valence-corrected chi connectivity index (χ1v) is 7.08. The van der Waals surface area contributed by atoms with Crippen molar-refractivity contribution >= 4 is 28.9 Å². The summed E-state index contributed by atoms with van der Waals surface area (Å²) >= 11 is 5.89. The summed E-state index contributed by atoms with van der Waals surface area (Å²) in [4.78, 5) is 16.2. The maximum absolute atomic E-state index is 12.1. The van der Waals surface area contributed by atoms with Crippen LogP contribution in [0.5, 0.6) is 0 Å². The van der Waals surface area contributed by atoms with E-state index >= 15 is 0 Å². The van der Waals surface area contributed by atoms with Crippen molar-refractivity contribution in [3.8, 4) is 6.07 Å². The highest BCUT2D eigenvalue weighted by Crippen LogP contribution is 2.22. The third kappa shape index (κ3) is 4.73. The lowest BCUT2D eigenvalue weighted by Crippen LogP contribution is -2.17. The summed E-state index contributed by atoms with van der Waals surface area (Å²) < 4.78 is 0. The largest absolute Gasteiger partial charge is 0.398 e. The third-order valence-electron chi connectivity index (χ3n) is 2.88. The molecule has 4 N–H and O–H groups in total. The van der Waals surface area contributed by atoms with E-state index in [4.69, 9.17) is 22.6 Å². The van der Waals surface area contributed by atoms with Gasteiger partial charge in [0.2, 0.25) is 0 Å². The van der Waals surface area contributed by atoms with Crippen molar-refractivity contribution in [3.05, 3.63) is 65.1 Å². The van der Waals surface area contributed by atoms with Crippen LogP contribution in [0.3, 0.4) is 0 Å². The smallest absolute Gasteiger partial charge is 0.267 e. The minimum absolute atomic E-state index is 0.0612. The first-order chi connectivity index (χ1) is 11.1. The molecule has 2 rings (SSSR count). The summed E-state index contributed by atoms with van der Waals surface area (Å²) in [7, 11) is 0. The van der Waals surface area contributed by atoms with Gasteiger partial charge in [0, 0.05) is 18.1 Å². The second-order valence-electron chi connectivity index (χ2n) is 4.56. The molecule has 116 valence electrons. The average Bonchev–Trinajstić information content (AvgIpc) is 2.56. The van der Waals surface area contributed by atoms with E-state index in [0.29, 0.717) is 22.9 Å². The monoisotopic (exact) mass is 327 g/mol. The van der Waals surface area contributed by atoms with Crippen molar-refractivity contribution in [3.63, 3.8) is 0 Å². The quantitative estimate of drug-likeness (QED) is 0.444. The van der Waals surface area contributed by atoms with Crippen molar-refractivity contribution in [2.75, 3.05) is 11.1 Å². The topological polar surface area (TPSA) is 104 Å². The summed E-state index contributed by atoms with van der Waals surface area (Å²) in [6.07, 6.45) is 3.02. The maximum atomic E-state index is 12.1. The van der Waals surface area contributed by atoms with Crippen molar-refractivity contribution in [1.82, 2.24) is 10.3 Å². The van der Waals surface area contributed by atoms with E-state index in [1.54, 1.807) is 18.3 Å². The Hall–Kier alpha value is -3.04. The number of halogens is 1. The number of anilines is 2. The summed E-state index contributed by atoms with van der Waals surface area (Å²) in [5.74, 6) is -0.540. The average molecular weight is 328 g/mol. The van der Waals surface area contributed by atoms with E-state index in [9.17, 15) is 4.79 Å². The number of benzene rings is 1. The molecule has 0 saturated carbocycles. The molecule has 1 aromatic carbocycles. The zero-order valence-corrected chi connectivity index (χ0v) is 12.8. The van der Waals surface area contributed by atoms with E-state index in [2.05, 4.69) is 15.6 Å². The molecule has 0 radical (unpaired) electrons. The highest BCUT2D eigenvalue weighted by atomic mass is 35.5. The van der Waals surface area contributed by atoms with Crippen molar-refractivity contribution in [2.24, 2.45) is 0 Å². The van der Waals surface area contributed by atoms with E-state index in [1.165, 1.54) is 12.3 Å². The van der Waals surface area contributed by atoms with Gasteiger partial charge in [0.05, 0.1) is 22.9 Å². The van der Waals surface area contributed by atoms with Gasteiger partial charge >= 0.3 is 0 Å². The lowest BCUT2D eigenvalue weighted by molar-refractivity contribution is -0.112. The van der Waals surface area contributed by atoms with Crippen LogP contribution in [0.15, 0.2) is 54.4 Å². The number of amides is 1. The van der Waals surface area contributed by atoms with Gasteiger partial charge in [0.1, 0.15) is 11.6 Å². The normalized spacial score (nSPS) is 10.7. The first-order valence-electron chi connectivity index (χ1n) is 6.70. The third-order valence-corrected chi connectivity index (χ3v) is 3.21. The van der Waals surface area contributed by atoms with E-state index < -0.39 is 5.91 Å². The van der Waals surface area contributed by atoms with Gasteiger partial charge in [-0.1, -0.05) is 17.7 Å². The standard InChI is InChI=1S/C16H14ClN5O/c17-14-7-12(4-5-15(14)19)22-16(23)11(8-18)9-20-10-13-3-1-2-6-21-13/h1-7,9,20H,10,19H2,(H,22,23)/b11-9-. The van der Waals surface area contributed by atoms with Crippen LogP contribution in [0.4, 0.5) is 11.4 Å². The molecule has 0 unspecified atom stereocenters. The van der Waals surface area contributed by atoms with Gasteiger partial charge in [-0.05, 0) is 30.3 Å². The number of rotatable bonds is 5. The Labute approximate surface area is 138 Å². The lowest BCUT2D eigenvalue weighted by atomic mass is 10.2. The van der Waals surface area contributed by atoms with E-state index in [1.807, 2.05) is 24.3 Å². The second kappa shape index (κ2) is 7.82. The van der Waals surface area contributed by atoms with Crippen LogP contribution in [-0.2, 0) is 11.3 Å². The SMILES string of the molecule is N#C/C(=C/NCc1ccccn1)C(=O)Nc1ccc(N)c(Cl)c1. The number of hydrogen-bond donors (Lipinski definition) is 3. The Morgan fingerprint density at radius 2 is 2.22 bits per heavy atom. The predicted molar refractivity (Wildman–Crippen MR) is 89.3 cm³/mol. The second-order valence-corrected chi connectivity index (χ2v) is 4.97. The summed E-state index contributed by atoms with van der Waals surface area (Å²) in [6, 6.07) is 12.0. The number of nitrogens with two attached hydrogens (primary N) is 1. The van der Waals surface area contributed by atoms with Crippen LogP contribution >= 0.6 is 11.6 Å². The molecule has 1 amide bonds. The van der Waals surface area contributed by atoms with Gasteiger partial charge in [-0.15, -0.1) is 0 Å². The van der Waals surface area contributed by atoms with Gasteiger partial charge < -0.3 is 16.4 Å². The molecular formula is C16H14ClN5O. The van der Waals surface area contributed by atoms with Gasteiger partial charge in [-0.3, -0.25) is 9.78 Å². The summed E-state index contributed by atoms with van der Waals surface area (Å²) in [5.41, 5.74) is 7.21. The molecule has 0 aliphatic rings. The number of pyridine rings is 1. The zero-order chi connectivity index (χ0) is 16.7. The molecule has 0 fully saturated rings. The Balaban J connectivity index is 1.99. The van der Waals surface area contributed by atoms with E-state index in [-0.39, 0.29) is 5.57 Å². The molecule has 0 spiro atoms. The van der Waals surface area contributed by atoms with E-state index in [0.717, 1.165) is 5.69 Å². The van der Waals surface area contributed by atoms with Crippen LogP contribution < -0.4 is 16.4 Å². The van der Waals surface area contributed by atoms with Crippen LogP contribution in [0.2, 0.25) is 5.02 Å². The number of nitriles is 1. The Bertz CT molecular complexity index is 768. The molecule has 7 heteroatoms. The maximum Gasteiger partial charge on any atom is 0.267 e. The molecule has 1 aromatic heterocycles. The Kier molecular flexibility index (Phi) is 5.56. The van der Waals surface area contributed by atoms with Crippen molar-refractivity contribution in [1.29, 1.82) is 5.26 Å². The minimum Gasteiger partial charge on any atom is -0.398 e. The fourth-order valence-electron chi connectivity index (χ4n) is 1.71. The molecule has 0 aliphatic carbocycles. The molecule has 6 nitrogen and oxygen atoms in total. The highest BCUT2D eigenvalue weighted by molar-refractivity contribution is 6.33. The molecule has 0 bridgehead atoms. The van der Waals surface area contributed by atoms with Crippen molar-refractivity contribution < 1.29 is 4.79 Å². The number of nitrogens with zero attached hydrogens (tertiary/aromatic N) is 2. The number of nitrogen functional groups attached to an aromatic ring is 1. The first kappa shape index (κ1) is 16.3. The molecule has 0 saturated heterocycles. The van der Waals surface area contributed by atoms with Gasteiger partial charge in [-0.2, -0.15) is 5.26 Å². The molecule has 23 heavy (non-hydrogen) atoms. The van der Waals surface area contributed by atoms with Crippen LogP contribution in [0, 0.1) is 11.3 Å². The van der Waals surface area contributed by atoms with Gasteiger partial charge in [-0.25, -0.2) is 0 Å². The zero-order valence-electron chi connectivity index (χ0n) is 12.1. The summed E-state index contributed by atoms with van der Waals surface area (Å²) in [5, 5.41) is 14.9. The number of hydrogen-bond acceptors (Lipinski definition) is 5. The Morgan fingerprint density at radius 1 is 1.39 bits per heavy atom. The summed E-state index contributed by atoms with van der Waals surface area (Å²) in [6.45, 7) is 0.410. The fourth-order valence-corrected chi connectivity index (χ4v) is 1.89. The highest BCUT2D eigenvalue weighted by Gasteiger charge is 2.10. The molecular weight excluding hydrogens is 314 g/mol. The molecule has 2 aromatic rings. The minimum atomic E-state index is -0.540. The molecule has 1 heterocycles. The predicted octanol–water partition coefficient (Wildman–Crippen LogP) is 2.45. The van der Waals surface area contributed by atoms with Crippen LogP contribution in [0.1, 0.15) is 5.69 Å². The molecule has 0 aliphatic heterocycles. The fraction of sp³-hybridized carbons (Fsp3) is 0.0625. The van der Waals surface area contributed by atoms with Crippen molar-refractivity contribution in [2.45, 2.75) is 6.54 Å². The van der Waals surface area contributed by atoms with Crippen LogP contribution in [0.25, 0.3) is 0 Å². The lowest BCUT2D eigenvalue weighted by Gasteiger charge is -2.06. The molecule has 0 atom stereocenters. The number of carbonyl (C=O) groups excluding carboxylic acids is 1. The Morgan fingerprint density at radius 3 is 2.87 bits per heavy atom. The number of nitrogens with one attached hydrogen (secondary N) is 2. The number of aromatic nitrogens is 1. The van der Waals surface area contributed by atoms with Gasteiger partial charge in [0.25, 0.3) is 5.91 Å². The number of carbonyl (C=O) groups is 1. The van der Waals surface area contributed by atoms with Crippen LogP contribution in [-0.4, -0.2) is 10.9 Å².